The van der Waals surface area contributed by atoms with Crippen molar-refractivity contribution < 1.29 is 23.3 Å². The number of carbonyl (C=O) groups excluding carboxylic acids is 1. The zero-order valence-electron chi connectivity index (χ0n) is 19.3. The predicted octanol–water partition coefficient (Wildman–Crippen LogP) is 4.17. The van der Waals surface area contributed by atoms with E-state index in [0.717, 1.165) is 18.5 Å². The number of carbonyl (C=O) groups is 1. The molecule has 7 nitrogen and oxygen atoms in total. The van der Waals surface area contributed by atoms with E-state index >= 15 is 0 Å². The molecule has 1 saturated carbocycles. The van der Waals surface area contributed by atoms with Gasteiger partial charge in [-0.15, -0.1) is 0 Å². The number of ether oxygens (including phenoxy) is 1. The van der Waals surface area contributed by atoms with Gasteiger partial charge in [-0.2, -0.15) is 0 Å². The summed E-state index contributed by atoms with van der Waals surface area (Å²) in [5.74, 6) is 0.856. The number of hydrogen-bond donors (Lipinski definition) is 0. The van der Waals surface area contributed by atoms with Gasteiger partial charge in [0.25, 0.3) is 0 Å². The van der Waals surface area contributed by atoms with Crippen LogP contribution in [0.3, 0.4) is 0 Å². The summed E-state index contributed by atoms with van der Waals surface area (Å²) in [6, 6.07) is -0.358. The Morgan fingerprint density at radius 1 is 1.24 bits per heavy atom. The molecule has 1 amide bonds. The number of aromatic nitrogens is 1. The highest BCUT2D eigenvalue weighted by atomic mass is 16.7. The number of oxazole rings is 1. The van der Waals surface area contributed by atoms with E-state index in [1.165, 1.54) is 0 Å². The van der Waals surface area contributed by atoms with Gasteiger partial charge in [0.1, 0.15) is 11.6 Å². The average molecular weight is 406 g/mol. The lowest BCUT2D eigenvalue weighted by atomic mass is 9.83. The summed E-state index contributed by atoms with van der Waals surface area (Å²) in [4.78, 5) is 19.1. The number of rotatable bonds is 5. The Morgan fingerprint density at radius 2 is 1.79 bits per heavy atom. The molecule has 0 N–H and O–H groups in total. The van der Waals surface area contributed by atoms with Crippen molar-refractivity contribution in [3.63, 3.8) is 0 Å². The SMILES string of the molecule is CCN(C(=O)OC(C)(C)C)[C@H](C)c1nc(C2CC2)c(B2OC(C)(C)C(C)(C)O2)o1. The Bertz CT molecular complexity index is 748. The molecule has 8 heteroatoms. The Kier molecular flexibility index (Phi) is 5.58. The van der Waals surface area contributed by atoms with Crippen LogP contribution in [0.25, 0.3) is 0 Å². The molecule has 1 aliphatic heterocycles. The minimum absolute atomic E-state index is 0.358. The highest BCUT2D eigenvalue weighted by Gasteiger charge is 2.55. The molecule has 0 bridgehead atoms. The highest BCUT2D eigenvalue weighted by molar-refractivity contribution is 6.61. The van der Waals surface area contributed by atoms with Gasteiger partial charge in [0.15, 0.2) is 5.66 Å². The van der Waals surface area contributed by atoms with Crippen LogP contribution < -0.4 is 5.66 Å². The molecule has 162 valence electrons. The van der Waals surface area contributed by atoms with Gasteiger partial charge >= 0.3 is 13.2 Å². The molecule has 2 fully saturated rings. The van der Waals surface area contributed by atoms with Crippen LogP contribution in [0.4, 0.5) is 4.79 Å². The lowest BCUT2D eigenvalue weighted by molar-refractivity contribution is 0.00578. The molecule has 1 aromatic rings. The van der Waals surface area contributed by atoms with Gasteiger partial charge in [0.05, 0.1) is 16.9 Å². The number of nitrogens with zero attached hydrogens (tertiary/aromatic N) is 2. The fourth-order valence-corrected chi connectivity index (χ4v) is 3.32. The largest absolute Gasteiger partial charge is 0.534 e. The lowest BCUT2D eigenvalue weighted by Gasteiger charge is -2.32. The molecule has 0 radical (unpaired) electrons. The van der Waals surface area contributed by atoms with Crippen molar-refractivity contribution >= 4 is 18.9 Å². The van der Waals surface area contributed by atoms with Crippen LogP contribution in [-0.4, -0.2) is 46.4 Å². The fraction of sp³-hybridized carbons (Fsp3) is 0.810. The van der Waals surface area contributed by atoms with Crippen molar-refractivity contribution in [2.75, 3.05) is 6.54 Å². The summed E-state index contributed by atoms with van der Waals surface area (Å²) in [6.45, 7) is 18.0. The third-order valence-electron chi connectivity index (χ3n) is 5.92. The first-order chi connectivity index (χ1) is 13.3. The minimum Gasteiger partial charge on any atom is -0.447 e. The Balaban J connectivity index is 1.88. The average Bonchev–Trinajstić information content (AvgIpc) is 3.25. The predicted molar refractivity (Wildman–Crippen MR) is 111 cm³/mol. The molecule has 1 saturated heterocycles. The van der Waals surface area contributed by atoms with Gasteiger partial charge in [0.2, 0.25) is 5.89 Å². The molecule has 3 rings (SSSR count). The standard InChI is InChI=1S/C21H35BN2O5/c1-10-24(18(25)27-19(3,4)5)13(2)17-23-15(14-11-12-14)16(26-17)22-28-20(6,7)21(8,9)29-22/h13-14H,10-12H2,1-9H3/t13-/m1/s1. The second-order valence-electron chi connectivity index (χ2n) is 10.1. The van der Waals surface area contributed by atoms with Crippen molar-refractivity contribution in [3.8, 4) is 0 Å². The Morgan fingerprint density at radius 3 is 2.24 bits per heavy atom. The van der Waals surface area contributed by atoms with Crippen LogP contribution in [0.1, 0.15) is 98.7 Å². The van der Waals surface area contributed by atoms with Crippen LogP contribution in [0.15, 0.2) is 4.42 Å². The summed E-state index contributed by atoms with van der Waals surface area (Å²) < 4.78 is 24.2. The third kappa shape index (κ3) is 4.48. The van der Waals surface area contributed by atoms with E-state index in [1.54, 1.807) is 4.90 Å². The van der Waals surface area contributed by atoms with Crippen LogP contribution in [0.2, 0.25) is 0 Å². The van der Waals surface area contributed by atoms with E-state index in [4.69, 9.17) is 23.4 Å². The summed E-state index contributed by atoms with van der Waals surface area (Å²) in [5, 5.41) is 0. The minimum atomic E-state index is -0.597. The Hall–Kier alpha value is -1.54. The first kappa shape index (κ1) is 22.2. The van der Waals surface area contributed by atoms with Crippen molar-refractivity contribution in [1.82, 2.24) is 9.88 Å². The zero-order valence-corrected chi connectivity index (χ0v) is 19.3. The van der Waals surface area contributed by atoms with E-state index in [2.05, 4.69) is 0 Å². The van der Waals surface area contributed by atoms with Gasteiger partial charge in [-0.05, 0) is 75.2 Å². The molecule has 29 heavy (non-hydrogen) atoms. The van der Waals surface area contributed by atoms with E-state index < -0.39 is 23.9 Å². The molecular weight excluding hydrogens is 371 g/mol. The topological polar surface area (TPSA) is 74.0 Å². The van der Waals surface area contributed by atoms with Gasteiger partial charge in [-0.25, -0.2) is 9.78 Å². The van der Waals surface area contributed by atoms with Crippen LogP contribution >= 0.6 is 0 Å². The van der Waals surface area contributed by atoms with E-state index in [1.807, 2.05) is 62.3 Å². The summed E-state index contributed by atoms with van der Waals surface area (Å²) in [6.07, 6.45) is 1.78. The molecule has 1 aromatic heterocycles. The molecule has 0 spiro atoms. The number of amides is 1. The van der Waals surface area contributed by atoms with Crippen molar-refractivity contribution in [2.24, 2.45) is 0 Å². The highest BCUT2D eigenvalue weighted by Crippen LogP contribution is 2.42. The quantitative estimate of drug-likeness (QED) is 0.684. The third-order valence-corrected chi connectivity index (χ3v) is 5.92. The maximum absolute atomic E-state index is 12.7. The molecular formula is C21H35BN2O5. The molecule has 0 unspecified atom stereocenters. The van der Waals surface area contributed by atoms with Crippen LogP contribution in [0, 0.1) is 0 Å². The van der Waals surface area contributed by atoms with Gasteiger partial charge in [0, 0.05) is 12.5 Å². The molecule has 2 aliphatic rings. The smallest absolute Gasteiger partial charge is 0.447 e. The van der Waals surface area contributed by atoms with Gasteiger partial charge in [-0.1, -0.05) is 0 Å². The van der Waals surface area contributed by atoms with Crippen LogP contribution in [-0.2, 0) is 14.0 Å². The maximum atomic E-state index is 12.7. The maximum Gasteiger partial charge on any atom is 0.534 e. The monoisotopic (exact) mass is 406 g/mol. The Labute approximate surface area is 174 Å². The van der Waals surface area contributed by atoms with Crippen LogP contribution in [0.5, 0.6) is 0 Å². The molecule has 2 heterocycles. The lowest BCUT2D eigenvalue weighted by Crippen LogP contribution is -2.41. The molecule has 1 atom stereocenters. The molecule has 1 aliphatic carbocycles. The number of hydrogen-bond acceptors (Lipinski definition) is 6. The van der Waals surface area contributed by atoms with E-state index in [9.17, 15) is 4.79 Å². The summed E-state index contributed by atoms with van der Waals surface area (Å²) >= 11 is 0. The normalized spacial score (nSPS) is 21.9. The second kappa shape index (κ2) is 7.31. The van der Waals surface area contributed by atoms with Crippen molar-refractivity contribution in [2.45, 2.75) is 104 Å². The zero-order chi connectivity index (χ0) is 21.8. The first-order valence-electron chi connectivity index (χ1n) is 10.6. The van der Waals surface area contributed by atoms with Crippen molar-refractivity contribution in [1.29, 1.82) is 0 Å². The van der Waals surface area contributed by atoms with Crippen molar-refractivity contribution in [3.05, 3.63) is 11.6 Å². The fourth-order valence-electron chi connectivity index (χ4n) is 3.32. The van der Waals surface area contributed by atoms with E-state index in [0.29, 0.717) is 24.0 Å². The summed E-state index contributed by atoms with van der Waals surface area (Å²) in [5.41, 5.74) is 0.0544. The van der Waals surface area contributed by atoms with Gasteiger partial charge in [-0.3, -0.25) is 4.90 Å². The van der Waals surface area contributed by atoms with Gasteiger partial charge < -0.3 is 18.5 Å². The first-order valence-corrected chi connectivity index (χ1v) is 10.6. The molecule has 0 aromatic carbocycles. The summed E-state index contributed by atoms with van der Waals surface area (Å²) in [7, 11) is -0.597. The second-order valence-corrected chi connectivity index (χ2v) is 10.1. The van der Waals surface area contributed by atoms with E-state index in [-0.39, 0.29) is 12.1 Å².